The molecule has 1 aromatic carbocycles. The van der Waals surface area contributed by atoms with Crippen LogP contribution in [0.1, 0.15) is 42.3 Å². The molecule has 0 aliphatic heterocycles. The third-order valence-electron chi connectivity index (χ3n) is 2.35. The van der Waals surface area contributed by atoms with Crippen molar-refractivity contribution in [2.45, 2.75) is 33.4 Å². The van der Waals surface area contributed by atoms with Crippen molar-refractivity contribution in [2.24, 2.45) is 5.41 Å². The van der Waals surface area contributed by atoms with E-state index in [1.807, 2.05) is 20.8 Å². The van der Waals surface area contributed by atoms with Crippen LogP contribution in [0.25, 0.3) is 0 Å². The molecule has 0 aliphatic carbocycles. The second kappa shape index (κ2) is 4.63. The molecule has 18 heavy (non-hydrogen) atoms. The van der Waals surface area contributed by atoms with Gasteiger partial charge in [0, 0.05) is 0 Å². The molecule has 1 aromatic rings. The van der Waals surface area contributed by atoms with Gasteiger partial charge in [-0.15, -0.1) is 0 Å². The molecule has 2 nitrogen and oxygen atoms in total. The molecular weight excluding hydrogens is 245 g/mol. The Kier molecular flexibility index (Phi) is 3.74. The maximum Gasteiger partial charge on any atom is 0.417 e. The minimum absolute atomic E-state index is 0.159. The zero-order valence-corrected chi connectivity index (χ0v) is 10.4. The Morgan fingerprint density at radius 2 is 1.78 bits per heavy atom. The van der Waals surface area contributed by atoms with Crippen LogP contribution < -0.4 is 0 Å². The van der Waals surface area contributed by atoms with Gasteiger partial charge in [-0.25, -0.2) is 4.79 Å². The molecule has 100 valence electrons. The van der Waals surface area contributed by atoms with E-state index < -0.39 is 23.3 Å². The Bertz CT molecular complexity index is 456. The molecule has 0 aliphatic rings. The van der Waals surface area contributed by atoms with Crippen molar-refractivity contribution in [1.82, 2.24) is 0 Å². The summed E-state index contributed by atoms with van der Waals surface area (Å²) in [6.45, 7) is 5.72. The smallest absolute Gasteiger partial charge is 0.417 e. The molecule has 0 saturated heterocycles. The maximum atomic E-state index is 12.8. The Morgan fingerprint density at radius 1 is 1.22 bits per heavy atom. The normalized spacial score (nSPS) is 12.6. The highest BCUT2D eigenvalue weighted by Crippen LogP contribution is 2.34. The first-order chi connectivity index (χ1) is 8.00. The molecule has 0 bridgehead atoms. The van der Waals surface area contributed by atoms with Crippen molar-refractivity contribution in [2.75, 3.05) is 0 Å². The van der Waals surface area contributed by atoms with Gasteiger partial charge in [-0.2, -0.15) is 13.2 Å². The van der Waals surface area contributed by atoms with Gasteiger partial charge in [0.2, 0.25) is 0 Å². The molecule has 1 N–H and O–H groups in total. The van der Waals surface area contributed by atoms with Gasteiger partial charge in [0.25, 0.3) is 0 Å². The lowest BCUT2D eigenvalue weighted by Gasteiger charge is -2.19. The van der Waals surface area contributed by atoms with Crippen molar-refractivity contribution in [1.29, 1.82) is 0 Å². The predicted molar refractivity (Wildman–Crippen MR) is 61.6 cm³/mol. The fraction of sp³-hybridized carbons (Fsp3) is 0.462. The van der Waals surface area contributed by atoms with E-state index in [0.29, 0.717) is 12.0 Å². The van der Waals surface area contributed by atoms with Crippen LogP contribution in [0.5, 0.6) is 0 Å². The number of alkyl halides is 3. The van der Waals surface area contributed by atoms with Gasteiger partial charge in [-0.1, -0.05) is 26.8 Å². The summed E-state index contributed by atoms with van der Waals surface area (Å²) in [4.78, 5) is 10.8. The van der Waals surface area contributed by atoms with Crippen LogP contribution in [0.3, 0.4) is 0 Å². The number of benzene rings is 1. The van der Waals surface area contributed by atoms with E-state index in [2.05, 4.69) is 0 Å². The number of carboxylic acids is 1. The summed E-state index contributed by atoms with van der Waals surface area (Å²) in [5.74, 6) is -1.57. The van der Waals surface area contributed by atoms with Crippen LogP contribution >= 0.6 is 0 Å². The number of carbonyl (C=O) groups is 1. The molecule has 5 heteroatoms. The summed E-state index contributed by atoms with van der Waals surface area (Å²) in [5.41, 5.74) is -1.47. The monoisotopic (exact) mass is 260 g/mol. The molecule has 0 amide bonds. The van der Waals surface area contributed by atoms with E-state index in [-0.39, 0.29) is 5.41 Å². The largest absolute Gasteiger partial charge is 0.478 e. The summed E-state index contributed by atoms with van der Waals surface area (Å²) in [5, 5.41) is 8.75. The molecule has 0 radical (unpaired) electrons. The van der Waals surface area contributed by atoms with Gasteiger partial charge in [0.15, 0.2) is 0 Å². The van der Waals surface area contributed by atoms with E-state index in [1.54, 1.807) is 0 Å². The fourth-order valence-corrected chi connectivity index (χ4v) is 1.73. The van der Waals surface area contributed by atoms with Crippen LogP contribution in [0.4, 0.5) is 13.2 Å². The van der Waals surface area contributed by atoms with Crippen molar-refractivity contribution >= 4 is 5.97 Å². The highest BCUT2D eigenvalue weighted by Gasteiger charge is 2.35. The van der Waals surface area contributed by atoms with Crippen molar-refractivity contribution in [3.05, 3.63) is 34.9 Å². The Hall–Kier alpha value is -1.52. The lowest BCUT2D eigenvalue weighted by atomic mass is 9.87. The Morgan fingerprint density at radius 3 is 2.17 bits per heavy atom. The van der Waals surface area contributed by atoms with Crippen LogP contribution in [0.15, 0.2) is 18.2 Å². The quantitative estimate of drug-likeness (QED) is 0.872. The summed E-state index contributed by atoms with van der Waals surface area (Å²) in [6.07, 6.45) is -4.20. The molecule has 0 unspecified atom stereocenters. The predicted octanol–water partition coefficient (Wildman–Crippen LogP) is 3.99. The van der Waals surface area contributed by atoms with E-state index in [0.717, 1.165) is 12.1 Å². The zero-order valence-electron chi connectivity index (χ0n) is 10.4. The van der Waals surface area contributed by atoms with E-state index in [1.165, 1.54) is 6.07 Å². The number of aromatic carboxylic acids is 1. The Labute approximate surface area is 103 Å². The molecule has 0 aromatic heterocycles. The molecule has 0 fully saturated rings. The lowest BCUT2D eigenvalue weighted by molar-refractivity contribution is -0.138. The molecule has 0 spiro atoms. The standard InChI is InChI=1S/C13H15F3O2/c1-12(2,3)7-8-4-5-9(11(17)18)10(6-8)13(14,15)16/h4-6H,7H2,1-3H3,(H,17,18). The summed E-state index contributed by atoms with van der Waals surface area (Å²) >= 11 is 0. The van der Waals surface area contributed by atoms with Gasteiger partial charge < -0.3 is 5.11 Å². The zero-order chi connectivity index (χ0) is 14.1. The highest BCUT2D eigenvalue weighted by molar-refractivity contribution is 5.89. The second-order valence-electron chi connectivity index (χ2n) is 5.42. The number of halogens is 3. The summed E-state index contributed by atoms with van der Waals surface area (Å²) in [7, 11) is 0. The minimum atomic E-state index is -4.65. The number of rotatable bonds is 2. The molecule has 0 heterocycles. The van der Waals surface area contributed by atoms with Gasteiger partial charge in [-0.05, 0) is 29.5 Å². The molecule has 1 rings (SSSR count). The average Bonchev–Trinajstić information content (AvgIpc) is 2.13. The average molecular weight is 260 g/mol. The third kappa shape index (κ3) is 3.75. The topological polar surface area (TPSA) is 37.3 Å². The van der Waals surface area contributed by atoms with Crippen molar-refractivity contribution in [3.8, 4) is 0 Å². The maximum absolute atomic E-state index is 12.8. The summed E-state index contributed by atoms with van der Waals surface area (Å²) in [6, 6.07) is 3.38. The number of hydrogen-bond acceptors (Lipinski definition) is 1. The van der Waals surface area contributed by atoms with E-state index >= 15 is 0 Å². The first-order valence-corrected chi connectivity index (χ1v) is 5.44. The van der Waals surface area contributed by atoms with Crippen molar-refractivity contribution in [3.63, 3.8) is 0 Å². The van der Waals surface area contributed by atoms with Gasteiger partial charge >= 0.3 is 12.1 Å². The highest BCUT2D eigenvalue weighted by atomic mass is 19.4. The molecular formula is C13H15F3O2. The number of hydrogen-bond donors (Lipinski definition) is 1. The van der Waals surface area contributed by atoms with Crippen molar-refractivity contribution < 1.29 is 23.1 Å². The van der Waals surface area contributed by atoms with Crippen LogP contribution in [-0.4, -0.2) is 11.1 Å². The van der Waals surface area contributed by atoms with Crippen LogP contribution in [-0.2, 0) is 12.6 Å². The fourth-order valence-electron chi connectivity index (χ4n) is 1.73. The van der Waals surface area contributed by atoms with Gasteiger partial charge in [-0.3, -0.25) is 0 Å². The van der Waals surface area contributed by atoms with E-state index in [9.17, 15) is 18.0 Å². The third-order valence-corrected chi connectivity index (χ3v) is 2.35. The number of carboxylic acid groups (broad SMARTS) is 1. The first kappa shape index (κ1) is 14.5. The lowest BCUT2D eigenvalue weighted by Crippen LogP contribution is -2.15. The van der Waals surface area contributed by atoms with Crippen LogP contribution in [0.2, 0.25) is 0 Å². The Balaban J connectivity index is 3.27. The first-order valence-electron chi connectivity index (χ1n) is 5.44. The molecule has 0 saturated carbocycles. The SMILES string of the molecule is CC(C)(C)Cc1ccc(C(=O)O)c(C(F)(F)F)c1. The van der Waals surface area contributed by atoms with Crippen LogP contribution in [0, 0.1) is 5.41 Å². The molecule has 0 atom stereocenters. The van der Waals surface area contributed by atoms with E-state index in [4.69, 9.17) is 5.11 Å². The second-order valence-corrected chi connectivity index (χ2v) is 5.42. The van der Waals surface area contributed by atoms with Gasteiger partial charge in [0.1, 0.15) is 0 Å². The van der Waals surface area contributed by atoms with Gasteiger partial charge in [0.05, 0.1) is 11.1 Å². The summed E-state index contributed by atoms with van der Waals surface area (Å²) < 4.78 is 38.3. The minimum Gasteiger partial charge on any atom is -0.478 e.